The highest BCUT2D eigenvalue weighted by atomic mass is 32.2. The Balaban J connectivity index is 2.14. The van der Waals surface area contributed by atoms with Gasteiger partial charge in [0.15, 0.2) is 9.84 Å². The molecule has 0 radical (unpaired) electrons. The van der Waals surface area contributed by atoms with Crippen molar-refractivity contribution in [3.8, 4) is 0 Å². The number of carbonyl (C=O) groups is 2. The van der Waals surface area contributed by atoms with E-state index in [2.05, 4.69) is 5.32 Å². The summed E-state index contributed by atoms with van der Waals surface area (Å²) >= 11 is 0. The molecule has 1 unspecified atom stereocenters. The van der Waals surface area contributed by atoms with Gasteiger partial charge in [-0.05, 0) is 24.6 Å². The molecule has 114 valence electrons. The lowest BCUT2D eigenvalue weighted by Gasteiger charge is -2.23. The third kappa shape index (κ3) is 3.81. The second-order valence-electron chi connectivity index (χ2n) is 5.23. The lowest BCUT2D eigenvalue weighted by Crippen LogP contribution is -2.37. The maximum Gasteiger partial charge on any atom is 0.253 e. The van der Waals surface area contributed by atoms with Crippen molar-refractivity contribution < 1.29 is 18.0 Å². The van der Waals surface area contributed by atoms with E-state index < -0.39 is 9.84 Å². The van der Waals surface area contributed by atoms with Crippen LogP contribution in [0.4, 0.5) is 5.69 Å². The minimum Gasteiger partial charge on any atom is -0.338 e. The second-order valence-corrected chi connectivity index (χ2v) is 7.46. The molecule has 1 atom stereocenters. The van der Waals surface area contributed by atoms with Crippen molar-refractivity contribution in [1.82, 2.24) is 4.90 Å². The van der Waals surface area contributed by atoms with Crippen molar-refractivity contribution in [3.63, 3.8) is 0 Å². The van der Waals surface area contributed by atoms with Gasteiger partial charge in [0.05, 0.1) is 11.5 Å². The van der Waals surface area contributed by atoms with Gasteiger partial charge in [-0.15, -0.1) is 0 Å². The molecular weight excluding hydrogens is 292 g/mol. The van der Waals surface area contributed by atoms with Gasteiger partial charge in [-0.25, -0.2) is 8.42 Å². The quantitative estimate of drug-likeness (QED) is 0.899. The number of nitrogens with one attached hydrogen (secondary N) is 1. The molecule has 1 aliphatic rings. The van der Waals surface area contributed by atoms with E-state index in [-0.39, 0.29) is 29.4 Å². The molecule has 1 aromatic rings. The van der Waals surface area contributed by atoms with E-state index in [0.29, 0.717) is 17.7 Å². The van der Waals surface area contributed by atoms with Crippen molar-refractivity contribution in [2.45, 2.75) is 19.4 Å². The average Bonchev–Trinajstić information content (AvgIpc) is 2.77. The Morgan fingerprint density at radius 3 is 2.62 bits per heavy atom. The Kier molecular flexibility index (Phi) is 4.32. The zero-order chi connectivity index (χ0) is 15.6. The molecular formula is C14H18N2O4S. The number of benzene rings is 1. The Morgan fingerprint density at radius 1 is 1.33 bits per heavy atom. The molecule has 6 nitrogen and oxygen atoms in total. The molecule has 1 heterocycles. The standard InChI is InChI=1S/C14H18N2O4S/c1-10(17)15-12-5-3-4-11(8-12)14(18)16(2)13-6-7-21(19,20)9-13/h3-5,8,13H,6-7,9H2,1-2H3,(H,15,17). The van der Waals surface area contributed by atoms with Crippen LogP contribution in [0.15, 0.2) is 24.3 Å². The van der Waals surface area contributed by atoms with E-state index in [4.69, 9.17) is 0 Å². The van der Waals surface area contributed by atoms with E-state index in [1.54, 1.807) is 31.3 Å². The molecule has 0 aromatic heterocycles. The predicted molar refractivity (Wildman–Crippen MR) is 79.9 cm³/mol. The summed E-state index contributed by atoms with van der Waals surface area (Å²) in [6.07, 6.45) is 0.468. The molecule has 1 fully saturated rings. The largest absolute Gasteiger partial charge is 0.338 e. The molecule has 2 rings (SSSR count). The highest BCUT2D eigenvalue weighted by molar-refractivity contribution is 7.91. The summed E-state index contributed by atoms with van der Waals surface area (Å²) in [5.41, 5.74) is 0.967. The van der Waals surface area contributed by atoms with Crippen LogP contribution in [0.1, 0.15) is 23.7 Å². The summed E-state index contributed by atoms with van der Waals surface area (Å²) in [4.78, 5) is 24.9. The second kappa shape index (κ2) is 5.85. The number of amides is 2. The normalized spacial score (nSPS) is 20.0. The van der Waals surface area contributed by atoms with E-state index in [0.717, 1.165) is 0 Å². The Hall–Kier alpha value is -1.89. The summed E-state index contributed by atoms with van der Waals surface area (Å²) in [6, 6.07) is 6.32. The van der Waals surface area contributed by atoms with E-state index in [9.17, 15) is 18.0 Å². The molecule has 1 N–H and O–H groups in total. The van der Waals surface area contributed by atoms with Crippen molar-refractivity contribution in [2.24, 2.45) is 0 Å². The zero-order valence-electron chi connectivity index (χ0n) is 12.0. The van der Waals surface area contributed by atoms with Gasteiger partial charge < -0.3 is 10.2 Å². The van der Waals surface area contributed by atoms with Crippen LogP contribution in [0.5, 0.6) is 0 Å². The maximum atomic E-state index is 12.4. The Morgan fingerprint density at radius 2 is 2.05 bits per heavy atom. The van der Waals surface area contributed by atoms with E-state index in [1.807, 2.05) is 0 Å². The molecule has 0 spiro atoms. The van der Waals surface area contributed by atoms with Crippen molar-refractivity contribution in [2.75, 3.05) is 23.9 Å². The Bertz CT molecular complexity index is 669. The lowest BCUT2D eigenvalue weighted by molar-refractivity contribution is -0.114. The first-order valence-electron chi connectivity index (χ1n) is 6.64. The molecule has 0 aliphatic carbocycles. The van der Waals surface area contributed by atoms with Gasteiger partial charge >= 0.3 is 0 Å². The lowest BCUT2D eigenvalue weighted by atomic mass is 10.1. The van der Waals surface area contributed by atoms with E-state index in [1.165, 1.54) is 11.8 Å². The molecule has 2 amide bonds. The fraction of sp³-hybridized carbons (Fsp3) is 0.429. The molecule has 0 bridgehead atoms. The summed E-state index contributed by atoms with van der Waals surface area (Å²) < 4.78 is 23.0. The van der Waals surface area contributed by atoms with Crippen molar-refractivity contribution in [1.29, 1.82) is 0 Å². The molecule has 1 aliphatic heterocycles. The van der Waals surface area contributed by atoms with Gasteiger partial charge in [0.2, 0.25) is 5.91 Å². The minimum absolute atomic E-state index is 0.0145. The molecule has 7 heteroatoms. The number of carbonyl (C=O) groups excluding carboxylic acids is 2. The summed E-state index contributed by atoms with van der Waals surface area (Å²) in [5, 5.41) is 2.62. The van der Waals surface area contributed by atoms with E-state index >= 15 is 0 Å². The van der Waals surface area contributed by atoms with Gasteiger partial charge in [0.25, 0.3) is 5.91 Å². The van der Waals surface area contributed by atoms with Crippen molar-refractivity contribution in [3.05, 3.63) is 29.8 Å². The van der Waals surface area contributed by atoms with Crippen LogP contribution in [-0.4, -0.2) is 49.7 Å². The first-order valence-corrected chi connectivity index (χ1v) is 8.46. The van der Waals surface area contributed by atoms with Crippen LogP contribution in [0.3, 0.4) is 0 Å². The van der Waals surface area contributed by atoms with Crippen LogP contribution >= 0.6 is 0 Å². The summed E-state index contributed by atoms with van der Waals surface area (Å²) in [6.45, 7) is 1.39. The summed E-state index contributed by atoms with van der Waals surface area (Å²) in [5.74, 6) is -0.318. The number of sulfone groups is 1. The van der Waals surface area contributed by atoms with Gasteiger partial charge in [0.1, 0.15) is 0 Å². The highest BCUT2D eigenvalue weighted by Crippen LogP contribution is 2.19. The number of nitrogens with zero attached hydrogens (tertiary/aromatic N) is 1. The number of hydrogen-bond acceptors (Lipinski definition) is 4. The van der Waals surface area contributed by atoms with Crippen LogP contribution in [-0.2, 0) is 14.6 Å². The van der Waals surface area contributed by atoms with Crippen molar-refractivity contribution >= 4 is 27.3 Å². The van der Waals surface area contributed by atoms with Crippen LogP contribution in [0.25, 0.3) is 0 Å². The molecule has 0 saturated carbocycles. The minimum atomic E-state index is -3.03. The average molecular weight is 310 g/mol. The number of hydrogen-bond donors (Lipinski definition) is 1. The van der Waals surface area contributed by atoms with Crippen LogP contribution in [0, 0.1) is 0 Å². The highest BCUT2D eigenvalue weighted by Gasteiger charge is 2.33. The zero-order valence-corrected chi connectivity index (χ0v) is 12.8. The third-order valence-corrected chi connectivity index (χ3v) is 5.26. The predicted octanol–water partition coefficient (Wildman–Crippen LogP) is 0.904. The number of anilines is 1. The smallest absolute Gasteiger partial charge is 0.253 e. The fourth-order valence-electron chi connectivity index (χ4n) is 2.38. The first-order chi connectivity index (χ1) is 9.78. The maximum absolute atomic E-state index is 12.4. The topological polar surface area (TPSA) is 83.6 Å². The van der Waals surface area contributed by atoms with Crippen LogP contribution in [0.2, 0.25) is 0 Å². The molecule has 21 heavy (non-hydrogen) atoms. The third-order valence-electron chi connectivity index (χ3n) is 3.51. The van der Waals surface area contributed by atoms with Gasteiger partial charge in [-0.1, -0.05) is 6.07 Å². The van der Waals surface area contributed by atoms with Gasteiger partial charge in [0, 0.05) is 31.3 Å². The fourth-order valence-corrected chi connectivity index (χ4v) is 4.16. The monoisotopic (exact) mass is 310 g/mol. The molecule has 1 saturated heterocycles. The number of rotatable bonds is 3. The van der Waals surface area contributed by atoms with Crippen LogP contribution < -0.4 is 5.32 Å². The van der Waals surface area contributed by atoms with Gasteiger partial charge in [-0.2, -0.15) is 0 Å². The van der Waals surface area contributed by atoms with Gasteiger partial charge in [-0.3, -0.25) is 9.59 Å². The SMILES string of the molecule is CC(=O)Nc1cccc(C(=O)N(C)C2CCS(=O)(=O)C2)c1. The summed E-state index contributed by atoms with van der Waals surface area (Å²) in [7, 11) is -1.42. The molecule has 1 aromatic carbocycles. The first kappa shape index (κ1) is 15.5. The Labute approximate surface area is 124 Å².